The number of aromatic nitrogens is 2. The van der Waals surface area contributed by atoms with Crippen LogP contribution in [0.25, 0.3) is 11.0 Å². The summed E-state index contributed by atoms with van der Waals surface area (Å²) in [5, 5.41) is 1.26. The summed E-state index contributed by atoms with van der Waals surface area (Å²) in [5.41, 5.74) is 2.99. The van der Waals surface area contributed by atoms with E-state index in [9.17, 15) is 4.79 Å². The van der Waals surface area contributed by atoms with Crippen LogP contribution in [0, 0.1) is 0 Å². The Morgan fingerprint density at radius 1 is 1.18 bits per heavy atom. The summed E-state index contributed by atoms with van der Waals surface area (Å²) in [6.07, 6.45) is 2.64. The number of likely N-dealkylation sites (tertiary alicyclic amines) is 1. The van der Waals surface area contributed by atoms with Gasteiger partial charge in [0.2, 0.25) is 5.91 Å². The lowest BCUT2D eigenvalue weighted by atomic mass is 10.1. The number of hydrogen-bond donors (Lipinski definition) is 0. The first-order chi connectivity index (χ1) is 13.6. The van der Waals surface area contributed by atoms with Crippen LogP contribution in [0.2, 0.25) is 10.0 Å². The number of hydrogen-bond acceptors (Lipinski definition) is 2. The molecule has 1 fully saturated rings. The van der Waals surface area contributed by atoms with E-state index in [0.717, 1.165) is 48.4 Å². The lowest BCUT2D eigenvalue weighted by Crippen LogP contribution is -2.26. The SMILES string of the molecule is CCCCN1CC(c2nc3ccccc3n2Cc2ccc(Cl)cc2Cl)CC1=O. The molecule has 0 saturated carbocycles. The maximum atomic E-state index is 12.5. The van der Waals surface area contributed by atoms with Gasteiger partial charge in [-0.1, -0.05) is 54.7 Å². The van der Waals surface area contributed by atoms with E-state index in [1.165, 1.54) is 0 Å². The van der Waals surface area contributed by atoms with Gasteiger partial charge in [0, 0.05) is 35.5 Å². The minimum atomic E-state index is 0.0998. The van der Waals surface area contributed by atoms with Crippen molar-refractivity contribution in [2.45, 2.75) is 38.6 Å². The van der Waals surface area contributed by atoms with Crippen LogP contribution in [-0.4, -0.2) is 33.4 Å². The Labute approximate surface area is 175 Å². The number of nitrogens with zero attached hydrogens (tertiary/aromatic N) is 3. The smallest absolute Gasteiger partial charge is 0.223 e. The summed E-state index contributed by atoms with van der Waals surface area (Å²) in [5.74, 6) is 1.28. The van der Waals surface area contributed by atoms with Crippen LogP contribution in [0.1, 0.15) is 43.5 Å². The summed E-state index contributed by atoms with van der Waals surface area (Å²) in [6.45, 7) is 4.31. The minimum Gasteiger partial charge on any atom is -0.342 e. The third kappa shape index (κ3) is 3.76. The summed E-state index contributed by atoms with van der Waals surface area (Å²) >= 11 is 12.5. The van der Waals surface area contributed by atoms with E-state index in [1.807, 2.05) is 35.2 Å². The van der Waals surface area contributed by atoms with Crippen molar-refractivity contribution in [3.8, 4) is 0 Å². The Balaban J connectivity index is 1.71. The van der Waals surface area contributed by atoms with E-state index in [0.29, 0.717) is 23.0 Å². The molecule has 2 aromatic carbocycles. The number of halogens is 2. The molecule has 4 rings (SSSR count). The standard InChI is InChI=1S/C22H23Cl2N3O/c1-2-3-10-26-13-16(11-21(26)28)22-25-19-6-4-5-7-20(19)27(22)14-15-8-9-17(23)12-18(15)24/h4-9,12,16H,2-3,10-11,13-14H2,1H3. The topological polar surface area (TPSA) is 38.1 Å². The first-order valence-electron chi connectivity index (χ1n) is 9.73. The average molecular weight is 416 g/mol. The Hall–Kier alpha value is -2.04. The van der Waals surface area contributed by atoms with Crippen LogP contribution < -0.4 is 0 Å². The van der Waals surface area contributed by atoms with Gasteiger partial charge in [-0.25, -0.2) is 4.98 Å². The van der Waals surface area contributed by atoms with Gasteiger partial charge in [0.15, 0.2) is 0 Å². The average Bonchev–Trinajstić information content (AvgIpc) is 3.23. The van der Waals surface area contributed by atoms with Gasteiger partial charge in [0.1, 0.15) is 5.82 Å². The molecular formula is C22H23Cl2N3O. The van der Waals surface area contributed by atoms with Crippen molar-refractivity contribution in [1.29, 1.82) is 0 Å². The molecule has 1 unspecified atom stereocenters. The normalized spacial score (nSPS) is 17.0. The fourth-order valence-corrected chi connectivity index (χ4v) is 4.37. The van der Waals surface area contributed by atoms with Crippen LogP contribution in [-0.2, 0) is 11.3 Å². The van der Waals surface area contributed by atoms with Crippen LogP contribution >= 0.6 is 23.2 Å². The molecule has 0 bridgehead atoms. The molecule has 6 heteroatoms. The molecule has 1 aliphatic rings. The summed E-state index contributed by atoms with van der Waals surface area (Å²) in [6, 6.07) is 13.7. The number of unbranched alkanes of at least 4 members (excludes halogenated alkanes) is 1. The number of imidazole rings is 1. The molecule has 1 atom stereocenters. The minimum absolute atomic E-state index is 0.0998. The lowest BCUT2D eigenvalue weighted by Gasteiger charge is -2.17. The molecule has 3 aromatic rings. The van der Waals surface area contributed by atoms with Gasteiger partial charge >= 0.3 is 0 Å². The molecule has 4 nitrogen and oxygen atoms in total. The predicted molar refractivity (Wildman–Crippen MR) is 114 cm³/mol. The summed E-state index contributed by atoms with van der Waals surface area (Å²) < 4.78 is 2.20. The molecule has 0 radical (unpaired) electrons. The Bertz CT molecular complexity index is 1010. The number of amides is 1. The van der Waals surface area contributed by atoms with Crippen molar-refractivity contribution in [2.75, 3.05) is 13.1 Å². The Morgan fingerprint density at radius 3 is 2.79 bits per heavy atom. The van der Waals surface area contributed by atoms with Crippen LogP contribution in [0.4, 0.5) is 0 Å². The van der Waals surface area contributed by atoms with Crippen molar-refractivity contribution < 1.29 is 4.79 Å². The maximum absolute atomic E-state index is 12.5. The van der Waals surface area contributed by atoms with Crippen molar-refractivity contribution in [3.05, 3.63) is 63.9 Å². The lowest BCUT2D eigenvalue weighted by molar-refractivity contribution is -0.127. The molecule has 1 saturated heterocycles. The monoisotopic (exact) mass is 415 g/mol. The maximum Gasteiger partial charge on any atom is 0.223 e. The van der Waals surface area contributed by atoms with Crippen molar-refractivity contribution >= 4 is 40.1 Å². The third-order valence-corrected chi connectivity index (χ3v) is 5.98. The molecule has 2 heterocycles. The fourth-order valence-electron chi connectivity index (χ4n) is 3.90. The van der Waals surface area contributed by atoms with Gasteiger partial charge in [-0.05, 0) is 36.2 Å². The summed E-state index contributed by atoms with van der Waals surface area (Å²) in [7, 11) is 0. The number of fused-ring (bicyclic) bond motifs is 1. The van der Waals surface area contributed by atoms with Gasteiger partial charge in [-0.3, -0.25) is 4.79 Å². The highest BCUT2D eigenvalue weighted by molar-refractivity contribution is 6.35. The number of carbonyl (C=O) groups excluding carboxylic acids is 1. The van der Waals surface area contributed by atoms with Crippen LogP contribution in [0.3, 0.4) is 0 Å². The Morgan fingerprint density at radius 2 is 2.00 bits per heavy atom. The number of benzene rings is 2. The van der Waals surface area contributed by atoms with Crippen molar-refractivity contribution in [3.63, 3.8) is 0 Å². The second kappa shape index (κ2) is 8.14. The largest absolute Gasteiger partial charge is 0.342 e. The zero-order chi connectivity index (χ0) is 19.7. The van der Waals surface area contributed by atoms with E-state index in [-0.39, 0.29) is 11.8 Å². The molecular weight excluding hydrogens is 393 g/mol. The van der Waals surface area contributed by atoms with Crippen molar-refractivity contribution in [2.24, 2.45) is 0 Å². The van der Waals surface area contributed by atoms with Crippen molar-refractivity contribution in [1.82, 2.24) is 14.5 Å². The predicted octanol–water partition coefficient (Wildman–Crippen LogP) is 5.51. The molecule has 0 spiro atoms. The first-order valence-corrected chi connectivity index (χ1v) is 10.5. The Kier molecular flexibility index (Phi) is 5.61. The molecule has 0 N–H and O–H groups in total. The van der Waals surface area contributed by atoms with E-state index in [2.05, 4.69) is 17.6 Å². The molecule has 146 valence electrons. The van der Waals surface area contributed by atoms with Gasteiger partial charge in [0.25, 0.3) is 0 Å². The quantitative estimate of drug-likeness (QED) is 0.532. The molecule has 1 amide bonds. The van der Waals surface area contributed by atoms with Gasteiger partial charge in [0.05, 0.1) is 17.6 Å². The van der Waals surface area contributed by atoms with Crippen LogP contribution in [0.15, 0.2) is 42.5 Å². The van der Waals surface area contributed by atoms with Crippen LogP contribution in [0.5, 0.6) is 0 Å². The van der Waals surface area contributed by atoms with E-state index in [4.69, 9.17) is 28.2 Å². The number of rotatable bonds is 6. The highest BCUT2D eigenvalue weighted by Gasteiger charge is 2.33. The molecule has 1 aromatic heterocycles. The zero-order valence-corrected chi connectivity index (χ0v) is 17.4. The number of carbonyl (C=O) groups is 1. The van der Waals surface area contributed by atoms with E-state index >= 15 is 0 Å². The fraction of sp³-hybridized carbons (Fsp3) is 0.364. The van der Waals surface area contributed by atoms with E-state index < -0.39 is 0 Å². The highest BCUT2D eigenvalue weighted by Crippen LogP contribution is 2.32. The highest BCUT2D eigenvalue weighted by atomic mass is 35.5. The third-order valence-electron chi connectivity index (χ3n) is 5.39. The zero-order valence-electron chi connectivity index (χ0n) is 15.9. The molecule has 1 aliphatic heterocycles. The first kappa shape index (κ1) is 19.3. The van der Waals surface area contributed by atoms with Gasteiger partial charge in [-0.15, -0.1) is 0 Å². The van der Waals surface area contributed by atoms with Gasteiger partial charge < -0.3 is 9.47 Å². The summed E-state index contributed by atoms with van der Waals surface area (Å²) in [4.78, 5) is 19.4. The molecule has 28 heavy (non-hydrogen) atoms. The second-order valence-electron chi connectivity index (χ2n) is 7.37. The van der Waals surface area contributed by atoms with Gasteiger partial charge in [-0.2, -0.15) is 0 Å². The van der Waals surface area contributed by atoms with E-state index in [1.54, 1.807) is 6.07 Å². The second-order valence-corrected chi connectivity index (χ2v) is 8.22. The molecule has 0 aliphatic carbocycles. The number of para-hydroxylation sites is 2.